The molecule has 0 radical (unpaired) electrons. The highest BCUT2D eigenvalue weighted by atomic mass is 32.2. The minimum absolute atomic E-state index is 0.0538. The molecule has 0 saturated heterocycles. The third-order valence-electron chi connectivity index (χ3n) is 4.74. The Labute approximate surface area is 175 Å². The third kappa shape index (κ3) is 4.63. The molecule has 0 spiro atoms. The second-order valence-corrected chi connectivity index (χ2v) is 8.42. The summed E-state index contributed by atoms with van der Waals surface area (Å²) in [6.07, 6.45) is 0.749. The van der Waals surface area contributed by atoms with E-state index in [2.05, 4.69) is 0 Å². The second-order valence-electron chi connectivity index (χ2n) is 7.51. The molecule has 2 rings (SSSR count). The highest BCUT2D eigenvalue weighted by Crippen LogP contribution is 2.26. The number of fused-ring (bicyclic) bond motifs is 1. The molecule has 29 heavy (non-hydrogen) atoms. The first kappa shape index (κ1) is 22.9. The topological polar surface area (TPSA) is 84.0 Å². The highest BCUT2D eigenvalue weighted by molar-refractivity contribution is 7.98. The fourth-order valence-electron chi connectivity index (χ4n) is 3.52. The summed E-state index contributed by atoms with van der Waals surface area (Å²) >= 11 is 1.32. The lowest BCUT2D eigenvalue weighted by molar-refractivity contribution is -0.163. The molecule has 8 heteroatoms. The number of esters is 1. The molecule has 0 fully saturated rings. The van der Waals surface area contributed by atoms with Crippen LogP contribution in [0.15, 0.2) is 24.3 Å². The van der Waals surface area contributed by atoms with Crippen LogP contribution in [0, 0.1) is 0 Å². The molecule has 1 aliphatic heterocycles. The van der Waals surface area contributed by atoms with Crippen molar-refractivity contribution in [2.75, 3.05) is 12.0 Å². The summed E-state index contributed by atoms with van der Waals surface area (Å²) in [5.41, 5.74) is 0.539. The number of imide groups is 1. The smallest absolute Gasteiger partial charge is 0.331 e. The number of nitrogens with zero attached hydrogens (tertiary/aromatic N) is 2. The van der Waals surface area contributed by atoms with Gasteiger partial charge in [-0.05, 0) is 53.0 Å². The van der Waals surface area contributed by atoms with Gasteiger partial charge in [0.05, 0.1) is 11.1 Å². The van der Waals surface area contributed by atoms with Gasteiger partial charge in [-0.15, -0.1) is 0 Å². The lowest BCUT2D eigenvalue weighted by Gasteiger charge is -2.33. The van der Waals surface area contributed by atoms with Gasteiger partial charge in [0, 0.05) is 17.8 Å². The highest BCUT2D eigenvalue weighted by Gasteiger charge is 2.44. The molecule has 1 aromatic carbocycles. The maximum Gasteiger partial charge on any atom is 0.331 e. The van der Waals surface area contributed by atoms with E-state index in [1.807, 2.05) is 27.7 Å². The molecule has 1 aliphatic rings. The van der Waals surface area contributed by atoms with Crippen molar-refractivity contribution < 1.29 is 23.9 Å². The number of thioether (sulfide) groups is 1. The molecule has 0 aliphatic carbocycles. The summed E-state index contributed by atoms with van der Waals surface area (Å²) in [5.74, 6) is -1.93. The van der Waals surface area contributed by atoms with Gasteiger partial charge < -0.3 is 9.64 Å². The Bertz CT molecular complexity index is 765. The predicted molar refractivity (Wildman–Crippen MR) is 112 cm³/mol. The maximum atomic E-state index is 12.9. The van der Waals surface area contributed by atoms with Crippen molar-refractivity contribution in [2.45, 2.75) is 58.8 Å². The molecule has 1 heterocycles. The first-order chi connectivity index (χ1) is 13.6. The number of amides is 3. The van der Waals surface area contributed by atoms with Crippen LogP contribution in [0.1, 0.15) is 55.3 Å². The number of hydrogen-bond donors (Lipinski definition) is 0. The van der Waals surface area contributed by atoms with Crippen molar-refractivity contribution >= 4 is 35.5 Å². The van der Waals surface area contributed by atoms with Crippen molar-refractivity contribution in [1.82, 2.24) is 9.80 Å². The maximum absolute atomic E-state index is 12.9. The number of benzene rings is 1. The zero-order valence-electron chi connectivity index (χ0n) is 17.7. The van der Waals surface area contributed by atoms with E-state index in [4.69, 9.17) is 4.74 Å². The molecule has 0 N–H and O–H groups in total. The monoisotopic (exact) mass is 420 g/mol. The van der Waals surface area contributed by atoms with E-state index in [-0.39, 0.29) is 34.9 Å². The van der Waals surface area contributed by atoms with Gasteiger partial charge in [-0.1, -0.05) is 12.1 Å². The standard InChI is InChI=1S/C21H28N2O5S/c1-12(2)22(13(3)4)18(24)14(5)28-21(27)17(11-29-6)23-19(25)15-9-7-8-10-16(15)20(23)26/h7-10,12-14,17H,11H2,1-6H3/t14-,17-/m0/s1. The van der Waals surface area contributed by atoms with E-state index in [1.54, 1.807) is 35.4 Å². The normalized spacial score (nSPS) is 15.5. The molecule has 0 bridgehead atoms. The van der Waals surface area contributed by atoms with Crippen LogP contribution in [-0.2, 0) is 14.3 Å². The van der Waals surface area contributed by atoms with Gasteiger partial charge in [0.1, 0.15) is 6.04 Å². The summed E-state index contributed by atoms with van der Waals surface area (Å²) < 4.78 is 5.43. The fourth-order valence-corrected chi connectivity index (χ4v) is 4.12. The zero-order valence-corrected chi connectivity index (χ0v) is 18.5. The number of carbonyl (C=O) groups excluding carboxylic acids is 4. The van der Waals surface area contributed by atoms with E-state index in [9.17, 15) is 19.2 Å². The van der Waals surface area contributed by atoms with Gasteiger partial charge in [0.15, 0.2) is 6.10 Å². The number of hydrogen-bond acceptors (Lipinski definition) is 6. The molecule has 1 aromatic rings. The van der Waals surface area contributed by atoms with Crippen LogP contribution in [0.4, 0.5) is 0 Å². The number of ether oxygens (including phenoxy) is 1. The summed E-state index contributed by atoms with van der Waals surface area (Å²) in [5, 5.41) is 0. The average molecular weight is 421 g/mol. The molecule has 0 saturated carbocycles. The van der Waals surface area contributed by atoms with E-state index in [0.717, 1.165) is 4.90 Å². The summed E-state index contributed by atoms with van der Waals surface area (Å²) in [6.45, 7) is 9.07. The minimum atomic E-state index is -1.10. The quantitative estimate of drug-likeness (QED) is 0.475. The van der Waals surface area contributed by atoms with Crippen LogP contribution in [0.2, 0.25) is 0 Å². The zero-order chi connectivity index (χ0) is 21.9. The van der Waals surface area contributed by atoms with Gasteiger partial charge >= 0.3 is 5.97 Å². The molecular formula is C21H28N2O5S. The molecule has 158 valence electrons. The van der Waals surface area contributed by atoms with Crippen LogP contribution in [0.5, 0.6) is 0 Å². The van der Waals surface area contributed by atoms with Gasteiger partial charge in [0.2, 0.25) is 0 Å². The largest absolute Gasteiger partial charge is 0.451 e. The predicted octanol–water partition coefficient (Wildman–Crippen LogP) is 2.59. The van der Waals surface area contributed by atoms with Gasteiger partial charge in [-0.25, -0.2) is 4.79 Å². The summed E-state index contributed by atoms with van der Waals surface area (Å²) in [6, 6.07) is 5.26. The Balaban J connectivity index is 2.21. The van der Waals surface area contributed by atoms with Gasteiger partial charge in [-0.2, -0.15) is 11.8 Å². The molecule has 7 nitrogen and oxygen atoms in total. The van der Waals surface area contributed by atoms with E-state index in [1.165, 1.54) is 18.7 Å². The Hall–Kier alpha value is -2.35. The lowest BCUT2D eigenvalue weighted by Crippen LogP contribution is -2.51. The first-order valence-corrected chi connectivity index (χ1v) is 11.0. The van der Waals surface area contributed by atoms with Crippen molar-refractivity contribution in [3.05, 3.63) is 35.4 Å². The third-order valence-corrected chi connectivity index (χ3v) is 5.39. The Morgan fingerprint density at radius 2 is 1.48 bits per heavy atom. The summed E-state index contributed by atoms with van der Waals surface area (Å²) in [4.78, 5) is 53.7. The van der Waals surface area contributed by atoms with Crippen molar-refractivity contribution in [3.8, 4) is 0 Å². The van der Waals surface area contributed by atoms with Gasteiger partial charge in [-0.3, -0.25) is 19.3 Å². The average Bonchev–Trinajstić information content (AvgIpc) is 2.90. The van der Waals surface area contributed by atoms with Crippen LogP contribution >= 0.6 is 11.8 Å². The van der Waals surface area contributed by atoms with Crippen molar-refractivity contribution in [1.29, 1.82) is 0 Å². The van der Waals surface area contributed by atoms with Crippen LogP contribution in [-0.4, -0.2) is 69.7 Å². The summed E-state index contributed by atoms with van der Waals surface area (Å²) in [7, 11) is 0. The fraction of sp³-hybridized carbons (Fsp3) is 0.524. The van der Waals surface area contributed by atoms with Crippen LogP contribution in [0.25, 0.3) is 0 Å². The molecular weight excluding hydrogens is 392 g/mol. The Kier molecular flexibility index (Phi) is 7.46. The second kappa shape index (κ2) is 9.43. The lowest BCUT2D eigenvalue weighted by atomic mass is 10.1. The number of rotatable bonds is 8. The van der Waals surface area contributed by atoms with Crippen molar-refractivity contribution in [2.24, 2.45) is 0 Å². The number of carbonyl (C=O) groups is 4. The van der Waals surface area contributed by atoms with Crippen LogP contribution in [0.3, 0.4) is 0 Å². The van der Waals surface area contributed by atoms with Crippen molar-refractivity contribution in [3.63, 3.8) is 0 Å². The van der Waals surface area contributed by atoms with Crippen LogP contribution < -0.4 is 0 Å². The first-order valence-electron chi connectivity index (χ1n) is 9.60. The Morgan fingerprint density at radius 3 is 1.90 bits per heavy atom. The molecule has 2 atom stereocenters. The van der Waals surface area contributed by atoms with Gasteiger partial charge in [0.25, 0.3) is 17.7 Å². The SMILES string of the molecule is CSC[C@@H](C(=O)O[C@@H](C)C(=O)N(C(C)C)C(C)C)N1C(=O)c2ccccc2C1=O. The van der Waals surface area contributed by atoms with E-state index in [0.29, 0.717) is 0 Å². The minimum Gasteiger partial charge on any atom is -0.451 e. The molecule has 0 unspecified atom stereocenters. The van der Waals surface area contributed by atoms with E-state index >= 15 is 0 Å². The molecule has 3 amide bonds. The molecule has 0 aromatic heterocycles. The Morgan fingerprint density at radius 1 is 1.00 bits per heavy atom. The van der Waals surface area contributed by atoms with E-state index < -0.39 is 29.9 Å².